The van der Waals surface area contributed by atoms with Crippen LogP contribution < -0.4 is 10.1 Å². The zero-order valence-electron chi connectivity index (χ0n) is 14.8. The third-order valence-corrected chi connectivity index (χ3v) is 4.41. The van der Waals surface area contributed by atoms with Crippen molar-refractivity contribution in [3.05, 3.63) is 89.5 Å². The molecule has 0 aliphatic heterocycles. The first kappa shape index (κ1) is 18.1. The number of rotatable bonds is 6. The maximum Gasteiger partial charge on any atom is 0.131 e. The second kappa shape index (κ2) is 8.11. The normalized spacial score (nSPS) is 12.0. The van der Waals surface area contributed by atoms with E-state index in [2.05, 4.69) is 12.2 Å². The monoisotopic (exact) mass is 353 g/mol. The first-order valence-electron chi connectivity index (χ1n) is 8.48. The Bertz CT molecular complexity index is 860. The summed E-state index contributed by atoms with van der Waals surface area (Å²) in [6, 6.07) is 18.9. The summed E-state index contributed by atoms with van der Waals surface area (Å²) in [7, 11) is 1.64. The van der Waals surface area contributed by atoms with Gasteiger partial charge >= 0.3 is 0 Å². The van der Waals surface area contributed by atoms with Crippen LogP contribution in [-0.4, -0.2) is 7.11 Å². The molecule has 26 heavy (non-hydrogen) atoms. The Balaban J connectivity index is 1.71. The van der Waals surface area contributed by atoms with Crippen LogP contribution in [-0.2, 0) is 6.54 Å². The number of hydrogen-bond acceptors (Lipinski definition) is 2. The molecule has 1 N–H and O–H groups in total. The Hall–Kier alpha value is -2.72. The lowest BCUT2D eigenvalue weighted by atomic mass is 10.0. The fourth-order valence-electron chi connectivity index (χ4n) is 2.81. The van der Waals surface area contributed by atoms with Crippen LogP contribution in [0.3, 0.4) is 0 Å². The van der Waals surface area contributed by atoms with Crippen molar-refractivity contribution in [1.29, 1.82) is 0 Å². The van der Waals surface area contributed by atoms with E-state index in [0.717, 1.165) is 16.9 Å². The van der Waals surface area contributed by atoms with Crippen LogP contribution in [0.15, 0.2) is 66.7 Å². The maximum absolute atomic E-state index is 14.2. The summed E-state index contributed by atoms with van der Waals surface area (Å²) in [6.07, 6.45) is 0. The van der Waals surface area contributed by atoms with Crippen molar-refractivity contribution in [3.63, 3.8) is 0 Å². The minimum Gasteiger partial charge on any atom is -0.497 e. The molecule has 0 fully saturated rings. The van der Waals surface area contributed by atoms with Crippen LogP contribution in [0, 0.1) is 11.6 Å². The molecule has 0 aliphatic rings. The van der Waals surface area contributed by atoms with Crippen molar-refractivity contribution in [1.82, 2.24) is 5.32 Å². The predicted molar refractivity (Wildman–Crippen MR) is 100 cm³/mol. The Morgan fingerprint density at radius 1 is 0.923 bits per heavy atom. The zero-order valence-corrected chi connectivity index (χ0v) is 14.8. The van der Waals surface area contributed by atoms with Gasteiger partial charge in [0.2, 0.25) is 0 Å². The molecule has 3 aromatic carbocycles. The van der Waals surface area contributed by atoms with Crippen molar-refractivity contribution >= 4 is 0 Å². The Labute approximate surface area is 152 Å². The molecule has 4 heteroatoms. The minimum absolute atomic E-state index is 0.139. The molecule has 0 spiro atoms. The fraction of sp³-hybridized carbons (Fsp3) is 0.182. The van der Waals surface area contributed by atoms with Crippen molar-refractivity contribution in [2.75, 3.05) is 7.11 Å². The van der Waals surface area contributed by atoms with Gasteiger partial charge in [-0.1, -0.05) is 30.3 Å². The molecule has 0 aromatic heterocycles. The molecule has 1 unspecified atom stereocenters. The molecule has 3 aromatic rings. The second-order valence-electron chi connectivity index (χ2n) is 6.20. The largest absolute Gasteiger partial charge is 0.497 e. The van der Waals surface area contributed by atoms with Gasteiger partial charge in [-0.2, -0.15) is 0 Å². The Morgan fingerprint density at radius 3 is 2.27 bits per heavy atom. The third-order valence-electron chi connectivity index (χ3n) is 4.41. The highest BCUT2D eigenvalue weighted by molar-refractivity contribution is 5.64. The van der Waals surface area contributed by atoms with E-state index >= 15 is 0 Å². The van der Waals surface area contributed by atoms with Crippen LogP contribution in [0.1, 0.15) is 24.1 Å². The van der Waals surface area contributed by atoms with Gasteiger partial charge in [-0.3, -0.25) is 0 Å². The average Bonchev–Trinajstić information content (AvgIpc) is 2.68. The highest BCUT2D eigenvalue weighted by atomic mass is 19.1. The summed E-state index contributed by atoms with van der Waals surface area (Å²) >= 11 is 0. The van der Waals surface area contributed by atoms with Gasteiger partial charge in [-0.05, 0) is 60.0 Å². The van der Waals surface area contributed by atoms with E-state index in [9.17, 15) is 8.78 Å². The van der Waals surface area contributed by atoms with Crippen LogP contribution >= 0.6 is 0 Å². The zero-order chi connectivity index (χ0) is 18.5. The van der Waals surface area contributed by atoms with Gasteiger partial charge in [-0.15, -0.1) is 0 Å². The maximum atomic E-state index is 14.2. The van der Waals surface area contributed by atoms with Crippen molar-refractivity contribution in [3.8, 4) is 16.9 Å². The topological polar surface area (TPSA) is 21.3 Å². The van der Waals surface area contributed by atoms with Gasteiger partial charge in [0.05, 0.1) is 7.11 Å². The number of nitrogens with one attached hydrogen (secondary N) is 1. The van der Waals surface area contributed by atoms with Crippen LogP contribution in [0.4, 0.5) is 8.78 Å². The van der Waals surface area contributed by atoms with E-state index in [-0.39, 0.29) is 17.7 Å². The SMILES string of the molecule is COc1ccc(C(C)NCc2ccc(F)c(-c3ccc(F)cc3)c2)cc1. The summed E-state index contributed by atoms with van der Waals surface area (Å²) < 4.78 is 32.4. The lowest BCUT2D eigenvalue weighted by molar-refractivity contribution is 0.414. The molecule has 0 saturated carbocycles. The molecule has 0 bridgehead atoms. The first-order valence-corrected chi connectivity index (χ1v) is 8.48. The van der Waals surface area contributed by atoms with Gasteiger partial charge in [0.1, 0.15) is 17.4 Å². The number of hydrogen-bond donors (Lipinski definition) is 1. The van der Waals surface area contributed by atoms with Crippen LogP contribution in [0.5, 0.6) is 5.75 Å². The number of benzene rings is 3. The molecule has 0 aliphatic carbocycles. The number of ether oxygens (including phenoxy) is 1. The van der Waals surface area contributed by atoms with Crippen molar-refractivity contribution < 1.29 is 13.5 Å². The molecular formula is C22H21F2NO. The fourth-order valence-corrected chi connectivity index (χ4v) is 2.81. The molecule has 0 radical (unpaired) electrons. The van der Waals surface area contributed by atoms with Crippen molar-refractivity contribution in [2.45, 2.75) is 19.5 Å². The molecular weight excluding hydrogens is 332 g/mol. The quantitative estimate of drug-likeness (QED) is 0.632. The highest BCUT2D eigenvalue weighted by Crippen LogP contribution is 2.25. The molecule has 0 saturated heterocycles. The summed E-state index contributed by atoms with van der Waals surface area (Å²) in [5, 5.41) is 3.44. The van der Waals surface area contributed by atoms with E-state index in [1.807, 2.05) is 24.3 Å². The molecule has 0 amide bonds. The lowest BCUT2D eigenvalue weighted by Gasteiger charge is -2.15. The van der Waals surface area contributed by atoms with Crippen LogP contribution in [0.25, 0.3) is 11.1 Å². The lowest BCUT2D eigenvalue weighted by Crippen LogP contribution is -2.18. The van der Waals surface area contributed by atoms with Gasteiger partial charge in [0, 0.05) is 18.2 Å². The van der Waals surface area contributed by atoms with Crippen molar-refractivity contribution in [2.24, 2.45) is 0 Å². The summed E-state index contributed by atoms with van der Waals surface area (Å²) in [5.41, 5.74) is 3.24. The van der Waals surface area contributed by atoms with Gasteiger partial charge in [0.25, 0.3) is 0 Å². The molecule has 1 atom stereocenters. The summed E-state index contributed by atoms with van der Waals surface area (Å²) in [5.74, 6) is 0.173. The Kier molecular flexibility index (Phi) is 5.64. The third kappa shape index (κ3) is 4.27. The van der Waals surface area contributed by atoms with E-state index < -0.39 is 0 Å². The molecule has 3 rings (SSSR count). The number of methoxy groups -OCH3 is 1. The highest BCUT2D eigenvalue weighted by Gasteiger charge is 2.09. The number of halogens is 2. The minimum atomic E-state index is -0.333. The summed E-state index contributed by atoms with van der Waals surface area (Å²) in [6.45, 7) is 2.67. The smallest absolute Gasteiger partial charge is 0.131 e. The van der Waals surface area contributed by atoms with E-state index in [1.165, 1.54) is 18.2 Å². The first-order chi connectivity index (χ1) is 12.6. The van der Waals surface area contributed by atoms with Gasteiger partial charge in [0.15, 0.2) is 0 Å². The average molecular weight is 353 g/mol. The summed E-state index contributed by atoms with van der Waals surface area (Å²) in [4.78, 5) is 0. The second-order valence-corrected chi connectivity index (χ2v) is 6.20. The molecule has 0 heterocycles. The standard InChI is InChI=1S/C22H21F2NO/c1-15(17-6-10-20(26-2)11-7-17)25-14-16-3-12-22(24)21(13-16)18-4-8-19(23)9-5-18/h3-13,15,25H,14H2,1-2H3. The van der Waals surface area contributed by atoms with E-state index in [4.69, 9.17) is 4.74 Å². The van der Waals surface area contributed by atoms with Crippen LogP contribution in [0.2, 0.25) is 0 Å². The van der Waals surface area contributed by atoms with Gasteiger partial charge in [-0.25, -0.2) is 8.78 Å². The predicted octanol–water partition coefficient (Wildman–Crippen LogP) is 5.49. The molecule has 134 valence electrons. The molecule has 2 nitrogen and oxygen atoms in total. The Morgan fingerprint density at radius 2 is 1.62 bits per heavy atom. The van der Waals surface area contributed by atoms with E-state index in [1.54, 1.807) is 31.4 Å². The van der Waals surface area contributed by atoms with E-state index in [0.29, 0.717) is 17.7 Å². The van der Waals surface area contributed by atoms with Gasteiger partial charge < -0.3 is 10.1 Å².